The van der Waals surface area contributed by atoms with Crippen molar-refractivity contribution in [3.05, 3.63) is 0 Å². The smallest absolute Gasteiger partial charge is 0.0386 e. The minimum Gasteiger partial charge on any atom is -0.0654 e. The van der Waals surface area contributed by atoms with Crippen LogP contribution < -0.4 is 0 Å². The quantitative estimate of drug-likeness (QED) is 0.405. The highest BCUT2D eigenvalue weighted by Crippen LogP contribution is 2.43. The first-order valence-electron chi connectivity index (χ1n) is 12.8. The second-order valence-corrected chi connectivity index (χ2v) is 10.6. The highest BCUT2D eigenvalue weighted by molar-refractivity contribution is 4.82. The normalized spacial score (nSPS) is 39.0. The van der Waals surface area contributed by atoms with Crippen LogP contribution in [0.15, 0.2) is 0 Å². The molecule has 0 heteroatoms. The van der Waals surface area contributed by atoms with Crippen LogP contribution in [0.1, 0.15) is 129 Å². The molecule has 0 spiro atoms. The monoisotopic (exact) mass is 360 g/mol. The Morgan fingerprint density at radius 2 is 0.654 bits per heavy atom. The SMILES string of the molecule is CCCC1CCC(CCC2CCC(C3CCC(CCC)CC3)CC2)CC1. The largest absolute Gasteiger partial charge is 0.0654 e. The number of rotatable bonds is 8. The third kappa shape index (κ3) is 6.27. The lowest BCUT2D eigenvalue weighted by Gasteiger charge is -2.38. The van der Waals surface area contributed by atoms with Gasteiger partial charge in [0, 0.05) is 0 Å². The summed E-state index contributed by atoms with van der Waals surface area (Å²) in [4.78, 5) is 0. The molecule has 3 saturated carbocycles. The van der Waals surface area contributed by atoms with E-state index in [4.69, 9.17) is 0 Å². The lowest BCUT2D eigenvalue weighted by atomic mass is 9.68. The minimum atomic E-state index is 1.08. The molecule has 0 unspecified atom stereocenters. The van der Waals surface area contributed by atoms with Crippen LogP contribution in [-0.2, 0) is 0 Å². The van der Waals surface area contributed by atoms with Crippen molar-refractivity contribution in [1.29, 1.82) is 0 Å². The second kappa shape index (κ2) is 11.1. The number of hydrogen-bond donors (Lipinski definition) is 0. The average molecular weight is 361 g/mol. The third-order valence-corrected chi connectivity index (χ3v) is 8.79. The van der Waals surface area contributed by atoms with Gasteiger partial charge in [-0.15, -0.1) is 0 Å². The molecule has 3 fully saturated rings. The Kier molecular flexibility index (Phi) is 8.86. The Morgan fingerprint density at radius 3 is 0.962 bits per heavy atom. The Balaban J connectivity index is 1.27. The van der Waals surface area contributed by atoms with Gasteiger partial charge in [0.05, 0.1) is 0 Å². The molecule has 3 rings (SSSR count). The van der Waals surface area contributed by atoms with Gasteiger partial charge in [-0.05, 0) is 61.2 Å². The van der Waals surface area contributed by atoms with Crippen molar-refractivity contribution in [3.63, 3.8) is 0 Å². The Morgan fingerprint density at radius 1 is 0.385 bits per heavy atom. The molecule has 0 atom stereocenters. The first kappa shape index (κ1) is 20.7. The van der Waals surface area contributed by atoms with Crippen molar-refractivity contribution in [1.82, 2.24) is 0 Å². The molecule has 0 heterocycles. The van der Waals surface area contributed by atoms with E-state index in [-0.39, 0.29) is 0 Å². The maximum atomic E-state index is 2.37. The van der Waals surface area contributed by atoms with E-state index in [1.54, 1.807) is 89.9 Å². The van der Waals surface area contributed by atoms with Crippen LogP contribution in [0.2, 0.25) is 0 Å². The molecule has 0 aromatic carbocycles. The van der Waals surface area contributed by atoms with Gasteiger partial charge in [-0.1, -0.05) is 104 Å². The van der Waals surface area contributed by atoms with Gasteiger partial charge in [0.15, 0.2) is 0 Å². The summed E-state index contributed by atoms with van der Waals surface area (Å²) in [5.74, 6) is 6.57. The summed E-state index contributed by atoms with van der Waals surface area (Å²) < 4.78 is 0. The van der Waals surface area contributed by atoms with E-state index in [0.29, 0.717) is 0 Å². The average Bonchev–Trinajstić information content (AvgIpc) is 2.69. The molecule has 26 heavy (non-hydrogen) atoms. The van der Waals surface area contributed by atoms with E-state index in [1.165, 1.54) is 25.7 Å². The molecule has 0 aliphatic heterocycles. The first-order chi connectivity index (χ1) is 12.8. The van der Waals surface area contributed by atoms with E-state index < -0.39 is 0 Å². The van der Waals surface area contributed by atoms with Gasteiger partial charge < -0.3 is 0 Å². The van der Waals surface area contributed by atoms with Crippen molar-refractivity contribution in [2.45, 2.75) is 129 Å². The third-order valence-electron chi connectivity index (χ3n) is 8.79. The molecule has 152 valence electrons. The zero-order chi connectivity index (χ0) is 18.2. The standard InChI is InChI=1S/C26H48/c1-3-5-21-7-9-23(10-8-21)11-12-24-15-19-26(20-16-24)25-17-13-22(6-4-2)14-18-25/h21-26H,3-20H2,1-2H3. The molecule has 0 radical (unpaired) electrons. The first-order valence-corrected chi connectivity index (χ1v) is 12.8. The van der Waals surface area contributed by atoms with Gasteiger partial charge in [0.2, 0.25) is 0 Å². The molecule has 0 saturated heterocycles. The minimum absolute atomic E-state index is 1.08. The van der Waals surface area contributed by atoms with Crippen LogP contribution in [0.25, 0.3) is 0 Å². The summed E-state index contributed by atoms with van der Waals surface area (Å²) in [5.41, 5.74) is 0. The van der Waals surface area contributed by atoms with E-state index in [9.17, 15) is 0 Å². The molecule has 0 nitrogen and oxygen atoms in total. The predicted octanol–water partition coefficient (Wildman–Crippen LogP) is 8.79. The van der Waals surface area contributed by atoms with Crippen molar-refractivity contribution in [2.24, 2.45) is 35.5 Å². The highest BCUT2D eigenvalue weighted by Gasteiger charge is 2.31. The van der Waals surface area contributed by atoms with E-state index >= 15 is 0 Å². The van der Waals surface area contributed by atoms with Gasteiger partial charge in [0.1, 0.15) is 0 Å². The summed E-state index contributed by atoms with van der Waals surface area (Å²) in [6.07, 6.45) is 27.7. The Bertz CT molecular complexity index is 348. The van der Waals surface area contributed by atoms with E-state index in [1.807, 2.05) is 0 Å². The van der Waals surface area contributed by atoms with Crippen LogP contribution in [0.5, 0.6) is 0 Å². The van der Waals surface area contributed by atoms with Gasteiger partial charge >= 0.3 is 0 Å². The van der Waals surface area contributed by atoms with Crippen LogP contribution in [0.4, 0.5) is 0 Å². The van der Waals surface area contributed by atoms with Crippen molar-refractivity contribution < 1.29 is 0 Å². The Labute approximate surface area is 165 Å². The summed E-state index contributed by atoms with van der Waals surface area (Å²) >= 11 is 0. The molecular formula is C26H48. The molecule has 0 bridgehead atoms. The molecule has 3 aliphatic rings. The topological polar surface area (TPSA) is 0 Å². The van der Waals surface area contributed by atoms with Gasteiger partial charge in [-0.25, -0.2) is 0 Å². The van der Waals surface area contributed by atoms with Gasteiger partial charge in [-0.2, -0.15) is 0 Å². The van der Waals surface area contributed by atoms with Crippen LogP contribution in [0.3, 0.4) is 0 Å². The summed E-state index contributed by atoms with van der Waals surface area (Å²) in [6.45, 7) is 4.73. The summed E-state index contributed by atoms with van der Waals surface area (Å²) in [5, 5.41) is 0. The Hall–Kier alpha value is 0. The molecule has 3 aliphatic carbocycles. The molecule has 0 aromatic heterocycles. The molecule has 0 amide bonds. The van der Waals surface area contributed by atoms with Crippen molar-refractivity contribution in [3.8, 4) is 0 Å². The van der Waals surface area contributed by atoms with Gasteiger partial charge in [-0.3, -0.25) is 0 Å². The van der Waals surface area contributed by atoms with Crippen LogP contribution in [-0.4, -0.2) is 0 Å². The zero-order valence-electron chi connectivity index (χ0n) is 18.2. The predicted molar refractivity (Wildman–Crippen MR) is 115 cm³/mol. The van der Waals surface area contributed by atoms with Crippen molar-refractivity contribution >= 4 is 0 Å². The van der Waals surface area contributed by atoms with Crippen molar-refractivity contribution in [2.75, 3.05) is 0 Å². The summed E-state index contributed by atoms with van der Waals surface area (Å²) in [6, 6.07) is 0. The van der Waals surface area contributed by atoms with E-state index in [2.05, 4.69) is 13.8 Å². The highest BCUT2D eigenvalue weighted by atomic mass is 14.4. The van der Waals surface area contributed by atoms with Crippen LogP contribution in [0, 0.1) is 35.5 Å². The molecule has 0 aromatic rings. The fourth-order valence-electron chi connectivity index (χ4n) is 6.99. The van der Waals surface area contributed by atoms with Gasteiger partial charge in [0.25, 0.3) is 0 Å². The number of hydrogen-bond acceptors (Lipinski definition) is 0. The summed E-state index contributed by atoms with van der Waals surface area (Å²) in [7, 11) is 0. The molecular weight excluding hydrogens is 312 g/mol. The maximum Gasteiger partial charge on any atom is -0.0386 e. The zero-order valence-corrected chi connectivity index (χ0v) is 18.2. The second-order valence-electron chi connectivity index (χ2n) is 10.6. The van der Waals surface area contributed by atoms with E-state index in [0.717, 1.165) is 35.5 Å². The maximum absolute atomic E-state index is 2.37. The lowest BCUT2D eigenvalue weighted by molar-refractivity contribution is 0.136. The lowest BCUT2D eigenvalue weighted by Crippen LogP contribution is -2.26. The van der Waals surface area contributed by atoms with Crippen LogP contribution >= 0.6 is 0 Å². The molecule has 0 N–H and O–H groups in total. The fraction of sp³-hybridized carbons (Fsp3) is 1.00. The fourth-order valence-corrected chi connectivity index (χ4v) is 6.99.